The lowest BCUT2D eigenvalue weighted by atomic mass is 10.2. The summed E-state index contributed by atoms with van der Waals surface area (Å²) in [6.45, 7) is 9.38. The predicted octanol–water partition coefficient (Wildman–Crippen LogP) is 3.17. The molecule has 1 heterocycles. The smallest absolute Gasteiger partial charge is 0.105 e. The number of furan rings is 1. The van der Waals surface area contributed by atoms with Gasteiger partial charge >= 0.3 is 0 Å². The maximum Gasteiger partial charge on any atom is 0.105 e. The highest BCUT2D eigenvalue weighted by Gasteiger charge is 2.05. The predicted molar refractivity (Wildman–Crippen MR) is 59.4 cm³/mol. The van der Waals surface area contributed by atoms with Gasteiger partial charge in [0, 0.05) is 18.2 Å². The van der Waals surface area contributed by atoms with Crippen molar-refractivity contribution in [3.05, 3.63) is 23.2 Å². The van der Waals surface area contributed by atoms with Crippen LogP contribution in [0.15, 0.2) is 10.5 Å². The van der Waals surface area contributed by atoms with Gasteiger partial charge in [0.1, 0.15) is 11.5 Å². The molecule has 1 N–H and O–H groups in total. The Hall–Kier alpha value is -0.760. The first kappa shape index (κ1) is 11.3. The van der Waals surface area contributed by atoms with Gasteiger partial charge in [0.05, 0.1) is 0 Å². The van der Waals surface area contributed by atoms with Gasteiger partial charge in [0.15, 0.2) is 0 Å². The Kier molecular flexibility index (Phi) is 4.21. The Morgan fingerprint density at radius 3 is 2.64 bits per heavy atom. The maximum absolute atomic E-state index is 5.47. The van der Waals surface area contributed by atoms with Crippen LogP contribution >= 0.6 is 0 Å². The molecule has 0 fully saturated rings. The van der Waals surface area contributed by atoms with Crippen molar-refractivity contribution < 1.29 is 4.42 Å². The normalized spacial score (nSPS) is 13.1. The summed E-state index contributed by atoms with van der Waals surface area (Å²) < 4.78 is 5.47. The molecule has 0 bridgehead atoms. The molecule has 0 aliphatic carbocycles. The minimum atomic E-state index is 0.592. The summed E-state index contributed by atoms with van der Waals surface area (Å²) in [6.07, 6.45) is 2.47. The Morgan fingerprint density at radius 2 is 2.14 bits per heavy atom. The Bertz CT molecular complexity index is 278. The van der Waals surface area contributed by atoms with Gasteiger partial charge in [-0.05, 0) is 33.3 Å². The zero-order chi connectivity index (χ0) is 10.6. The monoisotopic (exact) mass is 195 g/mol. The highest BCUT2D eigenvalue weighted by Crippen LogP contribution is 2.13. The van der Waals surface area contributed by atoms with Crippen molar-refractivity contribution in [1.82, 2.24) is 5.32 Å². The van der Waals surface area contributed by atoms with Crippen molar-refractivity contribution >= 4 is 0 Å². The third kappa shape index (κ3) is 3.18. The lowest BCUT2D eigenvalue weighted by Gasteiger charge is -2.11. The van der Waals surface area contributed by atoms with Crippen LogP contribution < -0.4 is 5.32 Å². The molecule has 1 rings (SSSR count). The van der Waals surface area contributed by atoms with Crippen LogP contribution in [0.2, 0.25) is 0 Å². The van der Waals surface area contributed by atoms with E-state index in [9.17, 15) is 0 Å². The van der Waals surface area contributed by atoms with Crippen molar-refractivity contribution in [3.8, 4) is 0 Å². The molecule has 1 atom stereocenters. The number of aryl methyl sites for hydroxylation is 2. The van der Waals surface area contributed by atoms with Gasteiger partial charge in [-0.2, -0.15) is 0 Å². The summed E-state index contributed by atoms with van der Waals surface area (Å²) in [4.78, 5) is 0. The van der Waals surface area contributed by atoms with Crippen molar-refractivity contribution in [2.75, 3.05) is 0 Å². The molecule has 1 unspecified atom stereocenters. The van der Waals surface area contributed by atoms with Crippen LogP contribution in [0.25, 0.3) is 0 Å². The molecular weight excluding hydrogens is 174 g/mol. The highest BCUT2D eigenvalue weighted by molar-refractivity contribution is 5.19. The summed E-state index contributed by atoms with van der Waals surface area (Å²) in [5, 5.41) is 3.49. The summed E-state index contributed by atoms with van der Waals surface area (Å²) in [5.74, 6) is 2.04. The fourth-order valence-electron chi connectivity index (χ4n) is 1.68. The van der Waals surface area contributed by atoms with Gasteiger partial charge in [-0.25, -0.2) is 0 Å². The summed E-state index contributed by atoms with van der Waals surface area (Å²) in [7, 11) is 0. The standard InChI is InChI=1S/C12H21NO/c1-5-6-9(2)13-8-12-7-10(3)14-11(12)4/h7,9,13H,5-6,8H2,1-4H3. The van der Waals surface area contributed by atoms with Crippen LogP contribution in [-0.4, -0.2) is 6.04 Å². The van der Waals surface area contributed by atoms with Gasteiger partial charge in [0.25, 0.3) is 0 Å². The molecule has 0 aliphatic rings. The van der Waals surface area contributed by atoms with Gasteiger partial charge in [-0.15, -0.1) is 0 Å². The Labute approximate surface area is 86.7 Å². The quantitative estimate of drug-likeness (QED) is 0.780. The van der Waals surface area contributed by atoms with Crippen LogP contribution in [0.5, 0.6) is 0 Å². The SMILES string of the molecule is CCCC(C)NCc1cc(C)oc1C. The second-order valence-electron chi connectivity index (χ2n) is 4.01. The van der Waals surface area contributed by atoms with Crippen molar-refractivity contribution in [2.45, 2.75) is 53.1 Å². The van der Waals surface area contributed by atoms with Crippen LogP contribution in [-0.2, 0) is 6.54 Å². The molecule has 0 spiro atoms. The van der Waals surface area contributed by atoms with Crippen LogP contribution in [0.1, 0.15) is 43.8 Å². The molecule has 0 aliphatic heterocycles. The number of rotatable bonds is 5. The number of hydrogen-bond acceptors (Lipinski definition) is 2. The van der Waals surface area contributed by atoms with Crippen molar-refractivity contribution in [1.29, 1.82) is 0 Å². The van der Waals surface area contributed by atoms with E-state index in [0.29, 0.717) is 6.04 Å². The fraction of sp³-hybridized carbons (Fsp3) is 0.667. The van der Waals surface area contributed by atoms with Crippen molar-refractivity contribution in [2.24, 2.45) is 0 Å². The second-order valence-corrected chi connectivity index (χ2v) is 4.01. The highest BCUT2D eigenvalue weighted by atomic mass is 16.3. The average Bonchev–Trinajstić information content (AvgIpc) is 2.42. The van der Waals surface area contributed by atoms with Gasteiger partial charge in [-0.1, -0.05) is 13.3 Å². The largest absolute Gasteiger partial charge is 0.466 e. The summed E-state index contributed by atoms with van der Waals surface area (Å²) in [6, 6.07) is 2.70. The lowest BCUT2D eigenvalue weighted by Crippen LogP contribution is -2.25. The summed E-state index contributed by atoms with van der Waals surface area (Å²) in [5.41, 5.74) is 1.28. The molecule has 14 heavy (non-hydrogen) atoms. The first-order valence-corrected chi connectivity index (χ1v) is 5.42. The minimum absolute atomic E-state index is 0.592. The third-order valence-electron chi connectivity index (χ3n) is 2.51. The van der Waals surface area contributed by atoms with Gasteiger partial charge in [-0.3, -0.25) is 0 Å². The van der Waals surface area contributed by atoms with Gasteiger partial charge in [0.2, 0.25) is 0 Å². The molecule has 0 saturated heterocycles. The molecule has 2 heteroatoms. The lowest BCUT2D eigenvalue weighted by molar-refractivity contribution is 0.485. The molecule has 1 aromatic heterocycles. The van der Waals surface area contributed by atoms with E-state index in [4.69, 9.17) is 4.42 Å². The minimum Gasteiger partial charge on any atom is -0.466 e. The number of nitrogens with one attached hydrogen (secondary N) is 1. The molecule has 80 valence electrons. The molecule has 0 aromatic carbocycles. The van der Waals surface area contributed by atoms with Crippen LogP contribution in [0.4, 0.5) is 0 Å². The van der Waals surface area contributed by atoms with E-state index in [0.717, 1.165) is 18.1 Å². The molecular formula is C12H21NO. The molecule has 1 aromatic rings. The van der Waals surface area contributed by atoms with E-state index in [1.807, 2.05) is 13.8 Å². The van der Waals surface area contributed by atoms with E-state index in [1.54, 1.807) is 0 Å². The first-order valence-electron chi connectivity index (χ1n) is 5.42. The second kappa shape index (κ2) is 5.20. The van der Waals surface area contributed by atoms with E-state index in [-0.39, 0.29) is 0 Å². The van der Waals surface area contributed by atoms with Gasteiger partial charge < -0.3 is 9.73 Å². The Balaban J connectivity index is 2.41. The third-order valence-corrected chi connectivity index (χ3v) is 2.51. The summed E-state index contributed by atoms with van der Waals surface area (Å²) >= 11 is 0. The number of hydrogen-bond donors (Lipinski definition) is 1. The van der Waals surface area contributed by atoms with E-state index >= 15 is 0 Å². The van der Waals surface area contributed by atoms with E-state index < -0.39 is 0 Å². The zero-order valence-corrected chi connectivity index (χ0v) is 9.68. The van der Waals surface area contributed by atoms with Crippen molar-refractivity contribution in [3.63, 3.8) is 0 Å². The molecule has 0 saturated carbocycles. The average molecular weight is 195 g/mol. The van der Waals surface area contributed by atoms with E-state index in [2.05, 4.69) is 25.2 Å². The fourth-order valence-corrected chi connectivity index (χ4v) is 1.68. The van der Waals surface area contributed by atoms with E-state index in [1.165, 1.54) is 18.4 Å². The molecule has 0 amide bonds. The first-order chi connectivity index (χ1) is 6.63. The molecule has 0 radical (unpaired) electrons. The molecule has 2 nitrogen and oxygen atoms in total. The maximum atomic E-state index is 5.47. The van der Waals surface area contributed by atoms with Crippen LogP contribution in [0, 0.1) is 13.8 Å². The zero-order valence-electron chi connectivity index (χ0n) is 9.68. The van der Waals surface area contributed by atoms with Crippen LogP contribution in [0.3, 0.4) is 0 Å². The topological polar surface area (TPSA) is 25.2 Å². The Morgan fingerprint density at radius 1 is 1.43 bits per heavy atom.